The van der Waals surface area contributed by atoms with Crippen molar-refractivity contribution in [2.24, 2.45) is 5.84 Å². The topological polar surface area (TPSA) is 55.7 Å². The van der Waals surface area contributed by atoms with E-state index in [9.17, 15) is 0 Å². The van der Waals surface area contributed by atoms with E-state index >= 15 is 0 Å². The first-order chi connectivity index (χ1) is 6.16. The molecule has 0 aliphatic carbocycles. The van der Waals surface area contributed by atoms with E-state index in [0.717, 1.165) is 25.5 Å². The van der Waals surface area contributed by atoms with Crippen molar-refractivity contribution in [2.45, 2.75) is 6.42 Å². The summed E-state index contributed by atoms with van der Waals surface area (Å²) in [6.45, 7) is 2.61. The van der Waals surface area contributed by atoms with E-state index < -0.39 is 0 Å². The molecule has 0 aromatic carbocycles. The Hall–Kier alpha value is -0.810. The largest absolute Gasteiger partial charge is 0.393 e. The second kappa shape index (κ2) is 4.43. The summed E-state index contributed by atoms with van der Waals surface area (Å²) in [5, 5.41) is 10.4. The normalized spacial score (nSPS) is 18.0. The first-order valence-corrected chi connectivity index (χ1v) is 4.59. The molecule has 0 amide bonds. The molecule has 1 heterocycles. The standard InChI is InChI=1S/C8H19N4O/c1-10-4-3-5-11(2)8(10)12(9)6-7-13/h13H,3-7,9H2,1-2H3/q+1. The first kappa shape index (κ1) is 10.3. The summed E-state index contributed by atoms with van der Waals surface area (Å²) in [5.74, 6) is 6.78. The van der Waals surface area contributed by atoms with Gasteiger partial charge in [-0.1, -0.05) is 0 Å². The Morgan fingerprint density at radius 2 is 2.38 bits per heavy atom. The second-order valence-corrected chi connectivity index (χ2v) is 3.41. The highest BCUT2D eigenvalue weighted by atomic mass is 16.3. The minimum Gasteiger partial charge on any atom is -0.393 e. The van der Waals surface area contributed by atoms with Gasteiger partial charge in [-0.3, -0.25) is 9.48 Å². The SMILES string of the molecule is CN1CCC[N+](C)=C1N(N)CCO. The average molecular weight is 187 g/mol. The van der Waals surface area contributed by atoms with Gasteiger partial charge < -0.3 is 5.11 Å². The number of hydrogen-bond donors (Lipinski definition) is 2. The van der Waals surface area contributed by atoms with Gasteiger partial charge in [0, 0.05) is 6.42 Å². The third-order valence-electron chi connectivity index (χ3n) is 2.27. The molecule has 1 rings (SSSR count). The number of aliphatic hydroxyl groups excluding tert-OH is 1. The van der Waals surface area contributed by atoms with Gasteiger partial charge in [-0.25, -0.2) is 0 Å². The molecule has 5 heteroatoms. The maximum absolute atomic E-state index is 8.77. The van der Waals surface area contributed by atoms with Gasteiger partial charge in [0.15, 0.2) is 0 Å². The minimum absolute atomic E-state index is 0.0850. The fraction of sp³-hybridized carbons (Fsp3) is 0.875. The number of hydrogen-bond acceptors (Lipinski definition) is 4. The van der Waals surface area contributed by atoms with Crippen LogP contribution in [0.1, 0.15) is 6.42 Å². The lowest BCUT2D eigenvalue weighted by Crippen LogP contribution is -2.54. The van der Waals surface area contributed by atoms with Gasteiger partial charge in [0.05, 0.1) is 33.8 Å². The lowest BCUT2D eigenvalue weighted by atomic mass is 10.3. The van der Waals surface area contributed by atoms with Crippen molar-refractivity contribution in [2.75, 3.05) is 40.3 Å². The van der Waals surface area contributed by atoms with Gasteiger partial charge >= 0.3 is 5.96 Å². The fourth-order valence-electron chi connectivity index (χ4n) is 1.68. The highest BCUT2D eigenvalue weighted by Crippen LogP contribution is 2.00. The zero-order valence-corrected chi connectivity index (χ0v) is 8.40. The summed E-state index contributed by atoms with van der Waals surface area (Å²) in [6.07, 6.45) is 1.16. The van der Waals surface area contributed by atoms with Crippen LogP contribution in [0.2, 0.25) is 0 Å². The molecule has 0 saturated carbocycles. The van der Waals surface area contributed by atoms with Crippen molar-refractivity contribution >= 4 is 5.96 Å². The van der Waals surface area contributed by atoms with Gasteiger partial charge in [-0.15, -0.1) is 0 Å². The molecule has 0 radical (unpaired) electrons. The molecule has 0 spiro atoms. The zero-order chi connectivity index (χ0) is 9.84. The first-order valence-electron chi connectivity index (χ1n) is 4.59. The molecule has 0 saturated heterocycles. The summed E-state index contributed by atoms with van der Waals surface area (Å²) >= 11 is 0. The summed E-state index contributed by atoms with van der Waals surface area (Å²) in [5.41, 5.74) is 0. The Balaban J connectivity index is 2.72. The Bertz CT molecular complexity index is 204. The van der Waals surface area contributed by atoms with Crippen LogP contribution in [0.3, 0.4) is 0 Å². The third-order valence-corrected chi connectivity index (χ3v) is 2.27. The Morgan fingerprint density at radius 1 is 1.69 bits per heavy atom. The zero-order valence-electron chi connectivity index (χ0n) is 8.40. The average Bonchev–Trinajstić information content (AvgIpc) is 2.04. The molecule has 13 heavy (non-hydrogen) atoms. The summed E-state index contributed by atoms with van der Waals surface area (Å²) in [4.78, 5) is 2.11. The van der Waals surface area contributed by atoms with Gasteiger partial charge in [-0.2, -0.15) is 10.9 Å². The molecule has 3 N–H and O–H groups in total. The lowest BCUT2D eigenvalue weighted by Gasteiger charge is -2.27. The monoisotopic (exact) mass is 187 g/mol. The van der Waals surface area contributed by atoms with Crippen LogP contribution in [0.25, 0.3) is 0 Å². The maximum Gasteiger partial charge on any atom is 0.367 e. The predicted octanol–water partition coefficient (Wildman–Crippen LogP) is -1.51. The van der Waals surface area contributed by atoms with Gasteiger partial charge in [-0.05, 0) is 0 Å². The van der Waals surface area contributed by atoms with E-state index in [-0.39, 0.29) is 6.61 Å². The van der Waals surface area contributed by atoms with E-state index in [1.54, 1.807) is 5.01 Å². The number of nitrogens with two attached hydrogens (primary N) is 1. The number of hydrazine groups is 1. The Labute approximate surface area is 79.0 Å². The van der Waals surface area contributed by atoms with Gasteiger partial charge in [0.1, 0.15) is 6.54 Å². The van der Waals surface area contributed by atoms with Gasteiger partial charge in [0.25, 0.3) is 0 Å². The summed E-state index contributed by atoms with van der Waals surface area (Å²) in [6, 6.07) is 0. The molecule has 0 aromatic heterocycles. The lowest BCUT2D eigenvalue weighted by molar-refractivity contribution is -0.514. The van der Waals surface area contributed by atoms with Crippen LogP contribution < -0.4 is 5.84 Å². The van der Waals surface area contributed by atoms with E-state index in [2.05, 4.69) is 9.48 Å². The molecule has 1 aliphatic rings. The summed E-state index contributed by atoms with van der Waals surface area (Å²) in [7, 11) is 4.03. The quantitative estimate of drug-likeness (QED) is 0.313. The van der Waals surface area contributed by atoms with E-state index in [4.69, 9.17) is 10.9 Å². The second-order valence-electron chi connectivity index (χ2n) is 3.41. The van der Waals surface area contributed by atoms with Crippen molar-refractivity contribution in [3.05, 3.63) is 0 Å². The maximum atomic E-state index is 8.77. The third kappa shape index (κ3) is 2.32. The van der Waals surface area contributed by atoms with Crippen LogP contribution in [0.5, 0.6) is 0 Å². The minimum atomic E-state index is 0.0850. The number of nitrogens with zero attached hydrogens (tertiary/aromatic N) is 3. The van der Waals surface area contributed by atoms with Crippen LogP contribution >= 0.6 is 0 Å². The molecule has 0 unspecified atom stereocenters. The molecule has 0 atom stereocenters. The Morgan fingerprint density at radius 3 is 2.92 bits per heavy atom. The molecular formula is C8H19N4O+. The molecule has 0 bridgehead atoms. The molecule has 0 fully saturated rings. The number of guanidine groups is 1. The molecule has 76 valence electrons. The van der Waals surface area contributed by atoms with Crippen molar-refractivity contribution in [3.8, 4) is 0 Å². The van der Waals surface area contributed by atoms with Crippen LogP contribution in [-0.2, 0) is 0 Å². The number of rotatable bonds is 2. The highest BCUT2D eigenvalue weighted by molar-refractivity contribution is 5.74. The molecule has 0 aromatic rings. The van der Waals surface area contributed by atoms with Crippen molar-refractivity contribution in [1.29, 1.82) is 0 Å². The van der Waals surface area contributed by atoms with Crippen molar-refractivity contribution < 1.29 is 9.68 Å². The molecule has 5 nitrogen and oxygen atoms in total. The van der Waals surface area contributed by atoms with Crippen molar-refractivity contribution in [1.82, 2.24) is 9.91 Å². The van der Waals surface area contributed by atoms with E-state index in [0.29, 0.717) is 6.54 Å². The Kier molecular flexibility index (Phi) is 3.50. The van der Waals surface area contributed by atoms with Crippen molar-refractivity contribution in [3.63, 3.8) is 0 Å². The summed E-state index contributed by atoms with van der Waals surface area (Å²) < 4.78 is 2.11. The van der Waals surface area contributed by atoms with Crippen LogP contribution in [0.4, 0.5) is 0 Å². The fourth-order valence-corrected chi connectivity index (χ4v) is 1.68. The molecule has 1 aliphatic heterocycles. The number of aliphatic hydroxyl groups is 1. The predicted molar refractivity (Wildman–Crippen MR) is 51.3 cm³/mol. The van der Waals surface area contributed by atoms with Crippen LogP contribution in [-0.4, -0.2) is 65.9 Å². The van der Waals surface area contributed by atoms with E-state index in [1.165, 1.54) is 0 Å². The smallest absolute Gasteiger partial charge is 0.367 e. The molecular weight excluding hydrogens is 168 g/mol. The highest BCUT2D eigenvalue weighted by Gasteiger charge is 2.26. The van der Waals surface area contributed by atoms with E-state index in [1.807, 2.05) is 14.1 Å². The van der Waals surface area contributed by atoms with Crippen LogP contribution in [0, 0.1) is 0 Å². The van der Waals surface area contributed by atoms with Gasteiger partial charge in [0.2, 0.25) is 0 Å². The van der Waals surface area contributed by atoms with Crippen LogP contribution in [0.15, 0.2) is 0 Å².